The van der Waals surface area contributed by atoms with E-state index < -0.39 is 0 Å². The number of piperidine rings is 1. The molecule has 120 valence electrons. The van der Waals surface area contributed by atoms with Gasteiger partial charge < -0.3 is 14.4 Å². The average molecular weight is 303 g/mol. The molecule has 2 unspecified atom stereocenters. The number of rotatable bonds is 4. The summed E-state index contributed by atoms with van der Waals surface area (Å²) in [6.07, 6.45) is 4.27. The fourth-order valence-corrected chi connectivity index (χ4v) is 3.67. The Morgan fingerprint density at radius 3 is 3.09 bits per heavy atom. The number of hydrogen-bond donors (Lipinski definition) is 0. The number of esters is 1. The van der Waals surface area contributed by atoms with Crippen molar-refractivity contribution in [2.75, 3.05) is 33.4 Å². The van der Waals surface area contributed by atoms with Crippen LogP contribution in [0.3, 0.4) is 0 Å². The number of nitrogens with zero attached hydrogens (tertiary/aromatic N) is 1. The van der Waals surface area contributed by atoms with Gasteiger partial charge >= 0.3 is 5.97 Å². The molecule has 4 heteroatoms. The zero-order valence-corrected chi connectivity index (χ0v) is 13.3. The first kappa shape index (κ1) is 15.3. The second kappa shape index (κ2) is 7.14. The summed E-state index contributed by atoms with van der Waals surface area (Å²) in [4.78, 5) is 14.1. The van der Waals surface area contributed by atoms with Crippen LogP contribution in [0.15, 0.2) is 24.3 Å². The number of benzene rings is 1. The van der Waals surface area contributed by atoms with Crippen molar-refractivity contribution in [2.24, 2.45) is 5.92 Å². The largest absolute Gasteiger partial charge is 0.493 e. The molecule has 3 rings (SSSR count). The summed E-state index contributed by atoms with van der Waals surface area (Å²) < 4.78 is 10.6. The van der Waals surface area contributed by atoms with Crippen LogP contribution in [0, 0.1) is 5.92 Å². The van der Waals surface area contributed by atoms with Gasteiger partial charge in [0.2, 0.25) is 0 Å². The van der Waals surface area contributed by atoms with Gasteiger partial charge in [0.1, 0.15) is 5.75 Å². The highest BCUT2D eigenvalue weighted by Crippen LogP contribution is 2.35. The minimum absolute atomic E-state index is 0.0545. The number of para-hydroxylation sites is 1. The predicted molar refractivity (Wildman–Crippen MR) is 85.1 cm³/mol. The van der Waals surface area contributed by atoms with Crippen LogP contribution in [-0.4, -0.2) is 44.2 Å². The van der Waals surface area contributed by atoms with Gasteiger partial charge in [-0.05, 0) is 56.3 Å². The van der Waals surface area contributed by atoms with Crippen molar-refractivity contribution in [1.82, 2.24) is 4.90 Å². The molecule has 0 aromatic heterocycles. The summed E-state index contributed by atoms with van der Waals surface area (Å²) >= 11 is 0. The summed E-state index contributed by atoms with van der Waals surface area (Å²) in [7, 11) is 1.49. The van der Waals surface area contributed by atoms with E-state index in [4.69, 9.17) is 9.47 Å². The van der Waals surface area contributed by atoms with Crippen LogP contribution in [0.2, 0.25) is 0 Å². The van der Waals surface area contributed by atoms with E-state index in [9.17, 15) is 4.79 Å². The van der Waals surface area contributed by atoms with Crippen molar-refractivity contribution in [3.63, 3.8) is 0 Å². The van der Waals surface area contributed by atoms with Gasteiger partial charge in [0, 0.05) is 6.54 Å². The highest BCUT2D eigenvalue weighted by atomic mass is 16.5. The van der Waals surface area contributed by atoms with E-state index in [0.29, 0.717) is 5.92 Å². The molecule has 0 saturated carbocycles. The van der Waals surface area contributed by atoms with Gasteiger partial charge in [-0.15, -0.1) is 0 Å². The maximum absolute atomic E-state index is 11.7. The maximum Gasteiger partial charge on any atom is 0.309 e. The van der Waals surface area contributed by atoms with Crippen molar-refractivity contribution < 1.29 is 14.3 Å². The van der Waals surface area contributed by atoms with Gasteiger partial charge in [-0.1, -0.05) is 18.2 Å². The zero-order chi connectivity index (χ0) is 15.4. The molecular formula is C18H25NO3. The van der Waals surface area contributed by atoms with Crippen molar-refractivity contribution in [3.8, 4) is 5.75 Å². The van der Waals surface area contributed by atoms with Crippen LogP contribution in [0.5, 0.6) is 5.75 Å². The highest BCUT2D eigenvalue weighted by molar-refractivity contribution is 5.72. The number of ether oxygens (including phenoxy) is 2. The second-order valence-electron chi connectivity index (χ2n) is 6.32. The Hall–Kier alpha value is -1.55. The quantitative estimate of drug-likeness (QED) is 0.802. The molecule has 0 amide bonds. The molecule has 2 aliphatic rings. The molecule has 1 aromatic carbocycles. The lowest BCUT2D eigenvalue weighted by atomic mass is 9.89. The van der Waals surface area contributed by atoms with Gasteiger partial charge in [0.05, 0.1) is 19.6 Å². The molecule has 0 aliphatic carbocycles. The Kier molecular flexibility index (Phi) is 4.98. The van der Waals surface area contributed by atoms with Crippen LogP contribution in [0.4, 0.5) is 0 Å². The first-order chi connectivity index (χ1) is 10.8. The molecule has 2 aliphatic heterocycles. The van der Waals surface area contributed by atoms with E-state index in [2.05, 4.69) is 23.1 Å². The second-order valence-corrected chi connectivity index (χ2v) is 6.32. The third kappa shape index (κ3) is 3.43. The smallest absolute Gasteiger partial charge is 0.309 e. The molecular weight excluding hydrogens is 278 g/mol. The van der Waals surface area contributed by atoms with E-state index in [0.717, 1.165) is 57.7 Å². The fraction of sp³-hybridized carbons (Fsp3) is 0.611. The summed E-state index contributed by atoms with van der Waals surface area (Å²) in [5.74, 6) is 1.62. The highest BCUT2D eigenvalue weighted by Gasteiger charge is 2.27. The minimum atomic E-state index is -0.0545. The van der Waals surface area contributed by atoms with Gasteiger partial charge in [-0.3, -0.25) is 4.79 Å². The lowest BCUT2D eigenvalue weighted by molar-refractivity contribution is -0.147. The van der Waals surface area contributed by atoms with Crippen molar-refractivity contribution in [2.45, 2.75) is 31.6 Å². The summed E-state index contributed by atoms with van der Waals surface area (Å²) in [5.41, 5.74) is 1.34. The minimum Gasteiger partial charge on any atom is -0.493 e. The Labute approximate surface area is 132 Å². The van der Waals surface area contributed by atoms with Crippen LogP contribution < -0.4 is 4.74 Å². The van der Waals surface area contributed by atoms with Crippen molar-refractivity contribution >= 4 is 5.97 Å². The first-order valence-electron chi connectivity index (χ1n) is 8.30. The topological polar surface area (TPSA) is 38.8 Å². The molecule has 0 spiro atoms. The predicted octanol–water partition coefficient (Wildman–Crippen LogP) is 2.83. The zero-order valence-electron chi connectivity index (χ0n) is 13.3. The molecule has 2 heterocycles. The normalized spacial score (nSPS) is 25.1. The Morgan fingerprint density at radius 1 is 1.36 bits per heavy atom. The molecule has 4 nitrogen and oxygen atoms in total. The number of methoxy groups -OCH3 is 1. The number of carbonyl (C=O) groups is 1. The Bertz CT molecular complexity index is 517. The van der Waals surface area contributed by atoms with Crippen LogP contribution >= 0.6 is 0 Å². The van der Waals surface area contributed by atoms with Gasteiger partial charge in [-0.2, -0.15) is 0 Å². The standard InChI is InChI=1S/C18H25NO3/c1-21-18(20)15-5-4-10-19(13-15)11-8-14-9-12-22-17-7-3-2-6-16(14)17/h2-3,6-7,14-15H,4-5,8-13H2,1H3. The Balaban J connectivity index is 1.56. The van der Waals surface area contributed by atoms with E-state index in [1.54, 1.807) is 0 Å². The maximum atomic E-state index is 11.7. The molecule has 22 heavy (non-hydrogen) atoms. The first-order valence-corrected chi connectivity index (χ1v) is 8.30. The SMILES string of the molecule is COC(=O)C1CCCN(CCC2CCOc3ccccc32)C1. The average Bonchev–Trinajstić information content (AvgIpc) is 2.59. The van der Waals surface area contributed by atoms with E-state index in [1.807, 2.05) is 6.07 Å². The molecule has 2 atom stereocenters. The number of carbonyl (C=O) groups excluding carboxylic acids is 1. The van der Waals surface area contributed by atoms with Gasteiger partial charge in [0.15, 0.2) is 0 Å². The lowest BCUT2D eigenvalue weighted by Gasteiger charge is -2.33. The Morgan fingerprint density at radius 2 is 2.23 bits per heavy atom. The summed E-state index contributed by atoms with van der Waals surface area (Å²) in [5, 5.41) is 0. The number of likely N-dealkylation sites (tertiary alicyclic amines) is 1. The molecule has 0 bridgehead atoms. The van der Waals surface area contributed by atoms with E-state index in [-0.39, 0.29) is 11.9 Å². The molecule has 0 N–H and O–H groups in total. The molecule has 1 saturated heterocycles. The van der Waals surface area contributed by atoms with Gasteiger partial charge in [0.25, 0.3) is 0 Å². The number of fused-ring (bicyclic) bond motifs is 1. The molecule has 1 fully saturated rings. The monoisotopic (exact) mass is 303 g/mol. The van der Waals surface area contributed by atoms with Crippen LogP contribution in [-0.2, 0) is 9.53 Å². The summed E-state index contributed by atoms with van der Waals surface area (Å²) in [6, 6.07) is 8.38. The summed E-state index contributed by atoms with van der Waals surface area (Å²) in [6.45, 7) is 3.80. The van der Waals surface area contributed by atoms with E-state index >= 15 is 0 Å². The van der Waals surface area contributed by atoms with Crippen LogP contribution in [0.1, 0.15) is 37.2 Å². The van der Waals surface area contributed by atoms with E-state index in [1.165, 1.54) is 12.7 Å². The third-order valence-corrected chi connectivity index (χ3v) is 4.92. The fourth-order valence-electron chi connectivity index (χ4n) is 3.67. The molecule has 0 radical (unpaired) electrons. The third-order valence-electron chi connectivity index (χ3n) is 4.92. The van der Waals surface area contributed by atoms with Crippen LogP contribution in [0.25, 0.3) is 0 Å². The lowest BCUT2D eigenvalue weighted by Crippen LogP contribution is -2.40. The van der Waals surface area contributed by atoms with Crippen molar-refractivity contribution in [3.05, 3.63) is 29.8 Å². The van der Waals surface area contributed by atoms with Gasteiger partial charge in [-0.25, -0.2) is 0 Å². The van der Waals surface area contributed by atoms with Crippen molar-refractivity contribution in [1.29, 1.82) is 0 Å². The molecule has 1 aromatic rings. The number of hydrogen-bond acceptors (Lipinski definition) is 4.